The summed E-state index contributed by atoms with van der Waals surface area (Å²) in [5.74, 6) is 0.205. The molecule has 1 saturated heterocycles. The molecule has 1 fully saturated rings. The van der Waals surface area contributed by atoms with Crippen molar-refractivity contribution in [1.29, 1.82) is 5.26 Å². The number of carbonyl (C=O) groups is 2. The molecule has 27 heavy (non-hydrogen) atoms. The highest BCUT2D eigenvalue weighted by atomic mass is 16.6. The number of nitriles is 1. The van der Waals surface area contributed by atoms with Gasteiger partial charge in [0, 0.05) is 6.54 Å². The summed E-state index contributed by atoms with van der Waals surface area (Å²) in [5, 5.41) is 8.96. The van der Waals surface area contributed by atoms with Gasteiger partial charge in [0.2, 0.25) is 0 Å². The molecule has 2 aliphatic rings. The molecule has 3 atom stereocenters. The lowest BCUT2D eigenvalue weighted by Crippen LogP contribution is -2.52. The minimum absolute atomic E-state index is 0.231. The van der Waals surface area contributed by atoms with Gasteiger partial charge in [-0.15, -0.1) is 0 Å². The van der Waals surface area contributed by atoms with Crippen molar-refractivity contribution in [2.24, 2.45) is 5.92 Å². The molecule has 3 rings (SSSR count). The summed E-state index contributed by atoms with van der Waals surface area (Å²) in [4.78, 5) is 26.0. The third-order valence-corrected chi connectivity index (χ3v) is 5.47. The van der Waals surface area contributed by atoms with Crippen molar-refractivity contribution in [2.45, 2.75) is 38.1 Å². The standard InChI is InChI=1S/C21H24N2O4/c1-3-27-20(24)19-11-18-10-16(15-6-4-14(12-22)5-7-15)8-9-17(18)13-23(19)21(25)26-2/h4-7,9,16,18-19H,3,8,10-11,13H2,1-2H3. The second-order valence-corrected chi connectivity index (χ2v) is 6.98. The van der Waals surface area contributed by atoms with Gasteiger partial charge in [-0.25, -0.2) is 9.59 Å². The Labute approximate surface area is 159 Å². The lowest BCUT2D eigenvalue weighted by molar-refractivity contribution is -0.150. The number of ether oxygens (including phenoxy) is 2. The Hall–Kier alpha value is -2.81. The molecule has 1 aliphatic heterocycles. The predicted molar refractivity (Wildman–Crippen MR) is 98.9 cm³/mol. The lowest BCUT2D eigenvalue weighted by Gasteiger charge is -2.42. The van der Waals surface area contributed by atoms with E-state index in [-0.39, 0.29) is 18.5 Å². The van der Waals surface area contributed by atoms with Gasteiger partial charge in [-0.1, -0.05) is 23.8 Å². The maximum absolute atomic E-state index is 12.4. The van der Waals surface area contributed by atoms with E-state index in [4.69, 9.17) is 14.7 Å². The first-order valence-corrected chi connectivity index (χ1v) is 9.27. The Morgan fingerprint density at radius 1 is 1.22 bits per heavy atom. The van der Waals surface area contributed by atoms with Crippen molar-refractivity contribution in [1.82, 2.24) is 4.90 Å². The minimum atomic E-state index is -0.612. The minimum Gasteiger partial charge on any atom is -0.464 e. The number of piperidine rings is 1. The molecule has 6 nitrogen and oxygen atoms in total. The molecule has 0 bridgehead atoms. The molecule has 0 spiro atoms. The molecule has 1 aromatic rings. The van der Waals surface area contributed by atoms with Gasteiger partial charge in [0.15, 0.2) is 0 Å². The van der Waals surface area contributed by atoms with Crippen LogP contribution >= 0.6 is 0 Å². The number of benzene rings is 1. The Morgan fingerprint density at radius 2 is 1.96 bits per heavy atom. The summed E-state index contributed by atoms with van der Waals surface area (Å²) in [6.07, 6.45) is 4.04. The zero-order valence-corrected chi connectivity index (χ0v) is 15.7. The van der Waals surface area contributed by atoms with Crippen molar-refractivity contribution in [3.05, 3.63) is 47.0 Å². The zero-order valence-electron chi connectivity index (χ0n) is 15.7. The van der Waals surface area contributed by atoms with Crippen molar-refractivity contribution >= 4 is 12.1 Å². The van der Waals surface area contributed by atoms with Crippen LogP contribution in [0.4, 0.5) is 4.79 Å². The van der Waals surface area contributed by atoms with E-state index < -0.39 is 12.1 Å². The predicted octanol–water partition coefficient (Wildman–Crippen LogP) is 3.38. The van der Waals surface area contributed by atoms with Crippen molar-refractivity contribution in [3.8, 4) is 6.07 Å². The van der Waals surface area contributed by atoms with Gasteiger partial charge in [-0.3, -0.25) is 4.90 Å². The fourth-order valence-electron chi connectivity index (χ4n) is 4.07. The highest BCUT2D eigenvalue weighted by Gasteiger charge is 2.41. The number of carbonyl (C=O) groups excluding carboxylic acids is 2. The van der Waals surface area contributed by atoms with Crippen LogP contribution < -0.4 is 0 Å². The van der Waals surface area contributed by atoms with E-state index in [9.17, 15) is 9.59 Å². The van der Waals surface area contributed by atoms with Crippen LogP contribution in [0, 0.1) is 17.2 Å². The van der Waals surface area contributed by atoms with Crippen molar-refractivity contribution in [3.63, 3.8) is 0 Å². The average Bonchev–Trinajstić information content (AvgIpc) is 2.72. The Bertz CT molecular complexity index is 778. The number of hydrogen-bond acceptors (Lipinski definition) is 5. The Balaban J connectivity index is 1.80. The fourth-order valence-corrected chi connectivity index (χ4v) is 4.07. The molecular weight excluding hydrogens is 344 g/mol. The van der Waals surface area contributed by atoms with E-state index in [2.05, 4.69) is 12.1 Å². The third-order valence-electron chi connectivity index (χ3n) is 5.47. The first kappa shape index (κ1) is 19.0. The zero-order chi connectivity index (χ0) is 19.4. The smallest absolute Gasteiger partial charge is 0.410 e. The van der Waals surface area contributed by atoms with Crippen molar-refractivity contribution in [2.75, 3.05) is 20.3 Å². The molecule has 3 unspecified atom stereocenters. The third kappa shape index (κ3) is 3.97. The number of hydrogen-bond donors (Lipinski definition) is 0. The lowest BCUT2D eigenvalue weighted by atomic mass is 9.73. The van der Waals surface area contributed by atoms with Crippen molar-refractivity contribution < 1.29 is 19.1 Å². The normalized spacial score (nSPS) is 24.3. The van der Waals surface area contributed by atoms with Gasteiger partial charge in [0.1, 0.15) is 6.04 Å². The molecule has 1 amide bonds. The van der Waals surface area contributed by atoms with Gasteiger partial charge < -0.3 is 9.47 Å². The Morgan fingerprint density at radius 3 is 2.59 bits per heavy atom. The number of allylic oxidation sites excluding steroid dienone is 1. The number of methoxy groups -OCH3 is 1. The highest BCUT2D eigenvalue weighted by Crippen LogP contribution is 2.41. The molecule has 0 radical (unpaired) electrons. The monoisotopic (exact) mass is 368 g/mol. The summed E-state index contributed by atoms with van der Waals surface area (Å²) < 4.78 is 10.1. The molecule has 0 N–H and O–H groups in total. The van der Waals surface area contributed by atoms with E-state index >= 15 is 0 Å². The average molecular weight is 368 g/mol. The topological polar surface area (TPSA) is 79.6 Å². The van der Waals surface area contributed by atoms with Crippen LogP contribution in [-0.2, 0) is 14.3 Å². The van der Waals surface area contributed by atoms with Gasteiger partial charge in [-0.2, -0.15) is 5.26 Å². The van der Waals surface area contributed by atoms with Crippen LogP contribution in [0.2, 0.25) is 0 Å². The summed E-state index contributed by atoms with van der Waals surface area (Å²) in [6, 6.07) is 9.23. The number of esters is 1. The summed E-state index contributed by atoms with van der Waals surface area (Å²) in [5.41, 5.74) is 3.04. The number of amides is 1. The maximum Gasteiger partial charge on any atom is 0.410 e. The largest absolute Gasteiger partial charge is 0.464 e. The Kier molecular flexibility index (Phi) is 5.80. The second kappa shape index (κ2) is 8.26. The molecule has 6 heteroatoms. The van der Waals surface area contributed by atoms with E-state index in [0.717, 1.165) is 12.8 Å². The molecule has 1 aliphatic carbocycles. The van der Waals surface area contributed by atoms with Crippen LogP contribution in [0.25, 0.3) is 0 Å². The van der Waals surface area contributed by atoms with Gasteiger partial charge in [-0.05, 0) is 55.7 Å². The molecule has 1 heterocycles. The second-order valence-electron chi connectivity index (χ2n) is 6.98. The maximum atomic E-state index is 12.4. The first-order chi connectivity index (χ1) is 13.1. The van der Waals surface area contributed by atoms with Crippen LogP contribution in [-0.4, -0.2) is 43.3 Å². The van der Waals surface area contributed by atoms with Crippen LogP contribution in [0.3, 0.4) is 0 Å². The fraction of sp³-hybridized carbons (Fsp3) is 0.476. The SMILES string of the molecule is CCOC(=O)C1CC2CC(c3ccc(C#N)cc3)CC=C2CN1C(=O)OC. The highest BCUT2D eigenvalue weighted by molar-refractivity contribution is 5.82. The number of fused-ring (bicyclic) bond motifs is 1. The van der Waals surface area contributed by atoms with Crippen LogP contribution in [0.5, 0.6) is 0 Å². The number of likely N-dealkylation sites (tertiary alicyclic amines) is 1. The molecule has 0 saturated carbocycles. The molecular formula is C21H24N2O4. The van der Waals surface area contributed by atoms with E-state index in [1.807, 2.05) is 24.3 Å². The summed E-state index contributed by atoms with van der Waals surface area (Å²) in [7, 11) is 1.33. The van der Waals surface area contributed by atoms with Crippen LogP contribution in [0.1, 0.15) is 43.2 Å². The quantitative estimate of drug-likeness (QED) is 0.604. The summed E-state index contributed by atoms with van der Waals surface area (Å²) >= 11 is 0. The van der Waals surface area contributed by atoms with Crippen LogP contribution in [0.15, 0.2) is 35.9 Å². The first-order valence-electron chi connectivity index (χ1n) is 9.27. The van der Waals surface area contributed by atoms with E-state index in [1.54, 1.807) is 6.92 Å². The molecule has 0 aromatic heterocycles. The van der Waals surface area contributed by atoms with E-state index in [0.29, 0.717) is 24.4 Å². The number of rotatable bonds is 3. The summed E-state index contributed by atoms with van der Waals surface area (Å²) in [6.45, 7) is 2.45. The van der Waals surface area contributed by atoms with Gasteiger partial charge in [0.25, 0.3) is 0 Å². The van der Waals surface area contributed by atoms with Gasteiger partial charge in [0.05, 0.1) is 25.3 Å². The number of nitrogens with zero attached hydrogens (tertiary/aromatic N) is 2. The van der Waals surface area contributed by atoms with Gasteiger partial charge >= 0.3 is 12.1 Å². The van der Waals surface area contributed by atoms with E-state index in [1.165, 1.54) is 23.1 Å². The molecule has 142 valence electrons. The molecule has 1 aromatic carbocycles.